The van der Waals surface area contributed by atoms with Crippen LogP contribution < -0.4 is 16.4 Å². The first kappa shape index (κ1) is 32.9. The molecule has 0 bridgehead atoms. The Morgan fingerprint density at radius 3 is 1.70 bits per heavy atom. The topological polar surface area (TPSA) is 195 Å². The maximum atomic E-state index is 11.6. The second-order valence-corrected chi connectivity index (χ2v) is 11.9. The Morgan fingerprint density at radius 2 is 1.26 bits per heavy atom. The third kappa shape index (κ3) is 6.44. The Balaban J connectivity index is 0.000000207. The number of anilines is 1. The fraction of sp³-hybridized carbons (Fsp3) is 0.118. The highest BCUT2D eigenvalue weighted by molar-refractivity contribution is 6.42. The molecule has 0 saturated heterocycles. The van der Waals surface area contributed by atoms with E-state index in [2.05, 4.69) is 9.98 Å². The summed E-state index contributed by atoms with van der Waals surface area (Å²) < 4.78 is 0. The molecule has 8 N–H and O–H groups in total. The van der Waals surface area contributed by atoms with Crippen LogP contribution in [0.25, 0.3) is 21.5 Å². The zero-order valence-corrected chi connectivity index (χ0v) is 26.6. The molecule has 0 aliphatic carbocycles. The number of fused-ring (bicyclic) bond motifs is 2. The molecule has 0 amide bonds. The molecular weight excluding hydrogens is 645 g/mol. The molecule has 0 aromatic heterocycles. The number of hydrogen-bond acceptors (Lipinski definition) is 9. The summed E-state index contributed by atoms with van der Waals surface area (Å²) in [5.41, 5.74) is 11.7. The van der Waals surface area contributed by atoms with Crippen molar-refractivity contribution in [1.29, 1.82) is 0 Å². The number of benzene rings is 5. The highest BCUT2D eigenvalue weighted by Crippen LogP contribution is 2.39. The second-order valence-electron chi connectivity index (χ2n) is 11.1. The summed E-state index contributed by atoms with van der Waals surface area (Å²) in [5.74, 6) is -2.92. The van der Waals surface area contributed by atoms with E-state index in [0.717, 1.165) is 5.69 Å². The number of phenols is 2. The molecule has 0 unspecified atom stereocenters. The third-order valence-corrected chi connectivity index (χ3v) is 8.36. The minimum Gasteiger partial charge on any atom is -0.507 e. The Morgan fingerprint density at radius 1 is 0.766 bits per heavy atom. The summed E-state index contributed by atoms with van der Waals surface area (Å²) in [5, 5.41) is 43.7. The molecular formula is C34H29Cl2N5O6. The second kappa shape index (κ2) is 12.7. The van der Waals surface area contributed by atoms with Gasteiger partial charge >= 0.3 is 11.9 Å². The van der Waals surface area contributed by atoms with Gasteiger partial charge in [0.15, 0.2) is 0 Å². The van der Waals surface area contributed by atoms with Crippen molar-refractivity contribution >= 4 is 74.3 Å². The van der Waals surface area contributed by atoms with E-state index in [1.807, 2.05) is 13.8 Å². The van der Waals surface area contributed by atoms with Gasteiger partial charge in [-0.25, -0.2) is 14.6 Å². The van der Waals surface area contributed by atoms with Crippen molar-refractivity contribution in [3.05, 3.63) is 111 Å². The Bertz CT molecular complexity index is 2050. The number of hydrogen-bond donors (Lipinski definition) is 6. The molecule has 11 nitrogen and oxygen atoms in total. The minimum atomic E-state index is -1.28. The van der Waals surface area contributed by atoms with Gasteiger partial charge in [0.25, 0.3) is 0 Å². The average molecular weight is 675 g/mol. The first-order valence-corrected chi connectivity index (χ1v) is 14.8. The van der Waals surface area contributed by atoms with E-state index in [9.17, 15) is 30.0 Å². The molecule has 0 fully saturated rings. The molecule has 0 atom stereocenters. The van der Waals surface area contributed by atoms with Crippen molar-refractivity contribution in [3.63, 3.8) is 0 Å². The molecule has 13 heteroatoms. The normalized spacial score (nSPS) is 13.8. The molecule has 6 rings (SSSR count). The molecule has 1 aliphatic heterocycles. The van der Waals surface area contributed by atoms with Crippen molar-refractivity contribution < 1.29 is 30.0 Å². The maximum absolute atomic E-state index is 11.6. The smallest absolute Gasteiger partial charge is 0.339 e. The van der Waals surface area contributed by atoms with Crippen molar-refractivity contribution in [1.82, 2.24) is 0 Å². The van der Waals surface area contributed by atoms with Crippen molar-refractivity contribution in [3.8, 4) is 11.5 Å². The van der Waals surface area contributed by atoms with Crippen LogP contribution in [-0.2, 0) is 6.42 Å². The summed E-state index contributed by atoms with van der Waals surface area (Å²) in [6.07, 6.45) is -0.0407. The number of rotatable bonds is 5. The van der Waals surface area contributed by atoms with Gasteiger partial charge in [0.1, 0.15) is 28.3 Å². The van der Waals surface area contributed by atoms with Crippen LogP contribution in [0, 0.1) is 0 Å². The number of nitrogens with two attached hydrogens (primary N) is 2. The zero-order valence-electron chi connectivity index (χ0n) is 25.1. The quantitative estimate of drug-likeness (QED) is 0.120. The van der Waals surface area contributed by atoms with E-state index in [-0.39, 0.29) is 29.5 Å². The van der Waals surface area contributed by atoms with E-state index < -0.39 is 29.1 Å². The van der Waals surface area contributed by atoms with Crippen LogP contribution in [-0.4, -0.2) is 49.9 Å². The Hall–Kier alpha value is -5.52. The van der Waals surface area contributed by atoms with Gasteiger partial charge in [-0.1, -0.05) is 71.7 Å². The SMILES string of the molecule is CC1(C)N=C(N)N=C(N)N1c1ccc(Cl)c(Cl)c1.O=C(O)c1cc2ccccc2c(Cc2c(O)c(C(=O)O)cc3ccccc23)c1O. The van der Waals surface area contributed by atoms with Crippen molar-refractivity contribution in [2.75, 3.05) is 4.90 Å². The number of aromatic carboxylic acids is 2. The highest BCUT2D eigenvalue weighted by Gasteiger charge is 2.33. The predicted octanol–water partition coefficient (Wildman–Crippen LogP) is 6.57. The molecule has 240 valence electrons. The van der Waals surface area contributed by atoms with Gasteiger partial charge in [0.2, 0.25) is 11.9 Å². The zero-order chi connectivity index (χ0) is 34.2. The standard InChI is InChI=1S/C23H16O6.C11H13Cl2N5/c24-20-16(14-7-3-1-5-12(14)9-18(20)22(26)27)11-17-15-8-4-2-6-13(15)10-19(21(17)25)23(28)29;1-11(2)17-9(14)16-10(15)18(11)6-3-4-7(12)8(13)5-6/h1-10,24-25H,11H2,(H,26,27)(H,28,29);3-5H,1-2H3,(H4,14,15,16,17). The number of aromatic hydroxyl groups is 2. The molecule has 1 heterocycles. The molecule has 5 aromatic rings. The van der Waals surface area contributed by atoms with Crippen molar-refractivity contribution in [2.24, 2.45) is 21.5 Å². The Kier molecular flexibility index (Phi) is 8.88. The number of carboxylic acids is 2. The van der Waals surface area contributed by atoms with Gasteiger partial charge in [-0.3, -0.25) is 4.90 Å². The van der Waals surface area contributed by atoms with Gasteiger partial charge in [-0.05, 0) is 65.7 Å². The lowest BCUT2D eigenvalue weighted by atomic mass is 9.90. The first-order chi connectivity index (χ1) is 22.2. The summed E-state index contributed by atoms with van der Waals surface area (Å²) in [4.78, 5) is 33.2. The van der Waals surface area contributed by atoms with E-state index in [0.29, 0.717) is 42.7 Å². The van der Waals surface area contributed by atoms with Crippen molar-refractivity contribution in [2.45, 2.75) is 25.9 Å². The minimum absolute atomic E-state index is 0.0407. The van der Waals surface area contributed by atoms with E-state index in [4.69, 9.17) is 34.7 Å². The lowest BCUT2D eigenvalue weighted by molar-refractivity contribution is 0.0682. The van der Waals surface area contributed by atoms with E-state index >= 15 is 0 Å². The van der Waals surface area contributed by atoms with E-state index in [1.165, 1.54) is 12.1 Å². The van der Waals surface area contributed by atoms with Gasteiger partial charge in [-0.2, -0.15) is 4.99 Å². The predicted molar refractivity (Wildman–Crippen MR) is 184 cm³/mol. The van der Waals surface area contributed by atoms with Crippen LogP contribution in [0.5, 0.6) is 11.5 Å². The summed E-state index contributed by atoms with van der Waals surface area (Å²) in [7, 11) is 0. The van der Waals surface area contributed by atoms with Crippen LogP contribution in [0.1, 0.15) is 45.7 Å². The summed E-state index contributed by atoms with van der Waals surface area (Å²) in [6.45, 7) is 3.76. The van der Waals surface area contributed by atoms with Crippen LogP contribution in [0.3, 0.4) is 0 Å². The third-order valence-electron chi connectivity index (χ3n) is 7.62. The fourth-order valence-electron chi connectivity index (χ4n) is 5.56. The number of halogens is 2. The Labute approximate surface area is 278 Å². The van der Waals surface area contributed by atoms with Crippen LogP contribution >= 0.6 is 23.2 Å². The maximum Gasteiger partial charge on any atom is 0.339 e. The number of nitrogens with zero attached hydrogens (tertiary/aromatic N) is 3. The van der Waals surface area contributed by atoms with Gasteiger partial charge in [0, 0.05) is 23.2 Å². The average Bonchev–Trinajstić information content (AvgIpc) is 3.00. The number of carbonyl (C=O) groups is 2. The van der Waals surface area contributed by atoms with E-state index in [1.54, 1.807) is 71.6 Å². The summed E-state index contributed by atoms with van der Waals surface area (Å²) >= 11 is 11.9. The fourth-order valence-corrected chi connectivity index (χ4v) is 5.85. The molecule has 0 saturated carbocycles. The van der Waals surface area contributed by atoms with Gasteiger partial charge in [0.05, 0.1) is 10.0 Å². The molecule has 1 aliphatic rings. The number of aliphatic imine (C=N–C) groups is 2. The molecule has 5 aromatic carbocycles. The lowest BCUT2D eigenvalue weighted by Crippen LogP contribution is -2.54. The van der Waals surface area contributed by atoms with Gasteiger partial charge < -0.3 is 31.9 Å². The highest BCUT2D eigenvalue weighted by atomic mass is 35.5. The van der Waals surface area contributed by atoms with Gasteiger partial charge in [-0.15, -0.1) is 0 Å². The first-order valence-electron chi connectivity index (χ1n) is 14.1. The van der Waals surface area contributed by atoms with Crippen LogP contribution in [0.4, 0.5) is 5.69 Å². The molecule has 0 radical (unpaired) electrons. The molecule has 0 spiro atoms. The number of carboxylic acid groups (broad SMARTS) is 2. The largest absolute Gasteiger partial charge is 0.507 e. The number of guanidine groups is 2. The van der Waals surface area contributed by atoms with Crippen LogP contribution in [0.15, 0.2) is 88.8 Å². The molecule has 47 heavy (non-hydrogen) atoms. The lowest BCUT2D eigenvalue weighted by Gasteiger charge is -2.38. The summed E-state index contributed by atoms with van der Waals surface area (Å²) in [6, 6.07) is 22.0. The van der Waals surface area contributed by atoms with Crippen LogP contribution in [0.2, 0.25) is 10.0 Å². The monoisotopic (exact) mass is 673 g/mol.